The van der Waals surface area contributed by atoms with E-state index in [9.17, 15) is 14.4 Å². The molecular weight excluding hydrogens is 432 g/mol. The van der Waals surface area contributed by atoms with Gasteiger partial charge >= 0.3 is 12.1 Å². The number of para-hydroxylation sites is 1. The molecule has 0 radical (unpaired) electrons. The number of urea groups is 1. The molecule has 2 rings (SSSR count). The van der Waals surface area contributed by atoms with E-state index in [1.165, 1.54) is 0 Å². The van der Waals surface area contributed by atoms with E-state index in [1.807, 2.05) is 76.2 Å². The fourth-order valence-electron chi connectivity index (χ4n) is 3.18. The molecule has 2 aromatic carbocycles. The number of benzene rings is 2. The van der Waals surface area contributed by atoms with Crippen LogP contribution in [-0.2, 0) is 22.6 Å². The molecular formula is C26H36N4O4. The highest BCUT2D eigenvalue weighted by Gasteiger charge is 2.22. The van der Waals surface area contributed by atoms with Gasteiger partial charge in [-0.25, -0.2) is 9.59 Å². The number of carbonyl (C=O) groups is 3. The summed E-state index contributed by atoms with van der Waals surface area (Å²) >= 11 is 0. The summed E-state index contributed by atoms with van der Waals surface area (Å²) in [5, 5.41) is 5.66. The number of nitrogens with one attached hydrogen (secondary N) is 2. The predicted molar refractivity (Wildman–Crippen MR) is 133 cm³/mol. The average molecular weight is 469 g/mol. The summed E-state index contributed by atoms with van der Waals surface area (Å²) in [4.78, 5) is 40.4. The van der Waals surface area contributed by atoms with Crippen molar-refractivity contribution >= 4 is 23.7 Å². The molecule has 0 aliphatic carbocycles. The van der Waals surface area contributed by atoms with Crippen molar-refractivity contribution < 1.29 is 19.1 Å². The third-order valence-electron chi connectivity index (χ3n) is 4.92. The molecule has 0 atom stereocenters. The Balaban J connectivity index is 1.87. The Morgan fingerprint density at radius 3 is 2.24 bits per heavy atom. The van der Waals surface area contributed by atoms with Gasteiger partial charge in [-0.15, -0.1) is 0 Å². The summed E-state index contributed by atoms with van der Waals surface area (Å²) in [6, 6.07) is 16.8. The Kier molecular flexibility index (Phi) is 9.92. The lowest BCUT2D eigenvalue weighted by Crippen LogP contribution is -2.38. The van der Waals surface area contributed by atoms with Crippen LogP contribution < -0.4 is 10.6 Å². The molecule has 0 saturated carbocycles. The van der Waals surface area contributed by atoms with Crippen LogP contribution in [0.4, 0.5) is 15.3 Å². The first kappa shape index (κ1) is 26.7. The van der Waals surface area contributed by atoms with Crippen molar-refractivity contribution in [3.8, 4) is 0 Å². The van der Waals surface area contributed by atoms with Crippen LogP contribution in [0.15, 0.2) is 54.6 Å². The molecule has 8 nitrogen and oxygen atoms in total. The lowest BCUT2D eigenvalue weighted by Gasteiger charge is -2.27. The summed E-state index contributed by atoms with van der Waals surface area (Å²) in [6.07, 6.45) is -0.276. The van der Waals surface area contributed by atoms with E-state index in [4.69, 9.17) is 4.74 Å². The molecule has 0 heterocycles. The van der Waals surface area contributed by atoms with Gasteiger partial charge in [-0.1, -0.05) is 48.5 Å². The second kappa shape index (κ2) is 12.6. The Bertz CT molecular complexity index is 957. The number of ether oxygens (including phenoxy) is 1. The van der Waals surface area contributed by atoms with Gasteiger partial charge in [0.05, 0.1) is 6.54 Å². The first-order chi connectivity index (χ1) is 16.1. The summed E-state index contributed by atoms with van der Waals surface area (Å²) < 4.78 is 5.47. The van der Waals surface area contributed by atoms with E-state index in [2.05, 4.69) is 10.6 Å². The quantitative estimate of drug-likeness (QED) is 0.562. The van der Waals surface area contributed by atoms with E-state index in [0.29, 0.717) is 25.3 Å². The van der Waals surface area contributed by atoms with Gasteiger partial charge in [0.25, 0.3) is 0 Å². The minimum absolute atomic E-state index is 0.128. The molecule has 0 spiro atoms. The van der Waals surface area contributed by atoms with Gasteiger partial charge in [0.15, 0.2) is 0 Å². The smallest absolute Gasteiger partial charge is 0.410 e. The van der Waals surface area contributed by atoms with Gasteiger partial charge in [0.1, 0.15) is 5.60 Å². The van der Waals surface area contributed by atoms with Crippen LogP contribution in [0, 0.1) is 0 Å². The number of nitrogens with zero attached hydrogens (tertiary/aromatic N) is 2. The van der Waals surface area contributed by atoms with Gasteiger partial charge in [-0.2, -0.15) is 0 Å². The summed E-state index contributed by atoms with van der Waals surface area (Å²) in [5.74, 6) is -0.223. The maximum absolute atomic E-state index is 12.5. The molecule has 34 heavy (non-hydrogen) atoms. The second-order valence-electron chi connectivity index (χ2n) is 9.02. The molecule has 184 valence electrons. The first-order valence-electron chi connectivity index (χ1n) is 11.5. The number of rotatable bonds is 9. The number of hydrogen-bond donors (Lipinski definition) is 2. The van der Waals surface area contributed by atoms with Crippen molar-refractivity contribution in [3.63, 3.8) is 0 Å². The molecule has 0 fully saturated rings. The van der Waals surface area contributed by atoms with Crippen molar-refractivity contribution in [2.24, 2.45) is 0 Å². The minimum atomic E-state index is -0.585. The zero-order valence-corrected chi connectivity index (χ0v) is 20.8. The van der Waals surface area contributed by atoms with Crippen LogP contribution in [0.3, 0.4) is 0 Å². The monoisotopic (exact) mass is 468 g/mol. The summed E-state index contributed by atoms with van der Waals surface area (Å²) in [5.41, 5.74) is 1.87. The van der Waals surface area contributed by atoms with E-state index in [-0.39, 0.29) is 24.9 Å². The molecule has 0 unspecified atom stereocenters. The fraction of sp³-hybridized carbons (Fsp3) is 0.423. The molecule has 8 heteroatoms. The zero-order valence-electron chi connectivity index (χ0n) is 20.8. The van der Waals surface area contributed by atoms with Gasteiger partial charge in [0.2, 0.25) is 5.91 Å². The van der Waals surface area contributed by atoms with E-state index in [1.54, 1.807) is 22.9 Å². The second-order valence-corrected chi connectivity index (χ2v) is 9.02. The number of anilines is 1. The average Bonchev–Trinajstić information content (AvgIpc) is 2.77. The molecule has 0 aliphatic heterocycles. The van der Waals surface area contributed by atoms with Gasteiger partial charge < -0.3 is 25.2 Å². The van der Waals surface area contributed by atoms with E-state index < -0.39 is 11.7 Å². The third kappa shape index (κ3) is 9.13. The van der Waals surface area contributed by atoms with Crippen molar-refractivity contribution in [3.05, 3.63) is 65.7 Å². The topological polar surface area (TPSA) is 91.0 Å². The van der Waals surface area contributed by atoms with Crippen LogP contribution in [0.5, 0.6) is 0 Å². The Morgan fingerprint density at radius 1 is 0.941 bits per heavy atom. The highest BCUT2D eigenvalue weighted by Crippen LogP contribution is 2.19. The highest BCUT2D eigenvalue weighted by atomic mass is 16.6. The van der Waals surface area contributed by atoms with E-state index in [0.717, 1.165) is 11.1 Å². The lowest BCUT2D eigenvalue weighted by atomic mass is 10.1. The summed E-state index contributed by atoms with van der Waals surface area (Å²) in [6.45, 7) is 8.83. The number of hydrogen-bond acceptors (Lipinski definition) is 4. The molecule has 0 saturated heterocycles. The van der Waals surface area contributed by atoms with E-state index >= 15 is 0 Å². The van der Waals surface area contributed by atoms with Crippen LogP contribution in [-0.4, -0.2) is 53.6 Å². The minimum Gasteiger partial charge on any atom is -0.444 e. The molecule has 0 aromatic heterocycles. The Labute approximate surface area is 202 Å². The predicted octanol–water partition coefficient (Wildman–Crippen LogP) is 4.61. The van der Waals surface area contributed by atoms with Gasteiger partial charge in [-0.05, 0) is 44.9 Å². The van der Waals surface area contributed by atoms with Crippen LogP contribution in [0.1, 0.15) is 45.2 Å². The van der Waals surface area contributed by atoms with Crippen molar-refractivity contribution in [1.82, 2.24) is 15.1 Å². The highest BCUT2D eigenvalue weighted by molar-refractivity contribution is 5.92. The van der Waals surface area contributed by atoms with Gasteiger partial charge in [-0.3, -0.25) is 4.79 Å². The molecule has 2 aromatic rings. The normalized spacial score (nSPS) is 10.9. The standard InChI is InChI=1S/C26H36N4O4/c1-6-30(25(33)34-26(2,3)4)19-21-14-10-11-15-22(21)28-23(31)16-17-27-24(32)29(5)18-20-12-8-7-9-13-20/h7-15H,6,16-19H2,1-5H3,(H,27,32)(H,28,31). The van der Waals surface area contributed by atoms with Crippen LogP contribution >= 0.6 is 0 Å². The third-order valence-corrected chi connectivity index (χ3v) is 4.92. The van der Waals surface area contributed by atoms with Crippen molar-refractivity contribution in [1.29, 1.82) is 0 Å². The SMILES string of the molecule is CCN(Cc1ccccc1NC(=O)CCNC(=O)N(C)Cc1ccccc1)C(=O)OC(C)(C)C. The molecule has 0 aliphatic rings. The van der Waals surface area contributed by atoms with Crippen LogP contribution in [0.25, 0.3) is 0 Å². The first-order valence-corrected chi connectivity index (χ1v) is 11.5. The maximum Gasteiger partial charge on any atom is 0.410 e. The van der Waals surface area contributed by atoms with Crippen molar-refractivity contribution in [2.75, 3.05) is 25.5 Å². The largest absolute Gasteiger partial charge is 0.444 e. The molecule has 4 amide bonds. The molecule has 2 N–H and O–H groups in total. The van der Waals surface area contributed by atoms with Crippen molar-refractivity contribution in [2.45, 2.75) is 52.8 Å². The Hall–Kier alpha value is -3.55. The Morgan fingerprint density at radius 2 is 1.59 bits per heavy atom. The lowest BCUT2D eigenvalue weighted by molar-refractivity contribution is -0.116. The maximum atomic E-state index is 12.5. The van der Waals surface area contributed by atoms with Crippen LogP contribution in [0.2, 0.25) is 0 Å². The number of amides is 4. The summed E-state index contributed by atoms with van der Waals surface area (Å²) in [7, 11) is 1.71. The fourth-order valence-corrected chi connectivity index (χ4v) is 3.18. The zero-order chi connectivity index (χ0) is 25.1. The number of carbonyl (C=O) groups excluding carboxylic acids is 3. The molecule has 0 bridgehead atoms. The van der Waals surface area contributed by atoms with Gasteiger partial charge in [0, 0.05) is 38.8 Å².